The van der Waals surface area contributed by atoms with Crippen LogP contribution in [0.5, 0.6) is 11.5 Å². The van der Waals surface area contributed by atoms with Crippen LogP contribution in [0.1, 0.15) is 16.1 Å². The van der Waals surface area contributed by atoms with Gasteiger partial charge in [-0.15, -0.1) is 0 Å². The summed E-state index contributed by atoms with van der Waals surface area (Å²) in [7, 11) is 0. The van der Waals surface area contributed by atoms with Crippen LogP contribution < -0.4 is 14.8 Å². The Labute approximate surface area is 165 Å². The molecule has 29 heavy (non-hydrogen) atoms. The molecule has 1 N–H and O–H groups in total. The van der Waals surface area contributed by atoms with E-state index >= 15 is 0 Å². The van der Waals surface area contributed by atoms with Gasteiger partial charge in [-0.05, 0) is 37.3 Å². The summed E-state index contributed by atoms with van der Waals surface area (Å²) in [5.41, 5.74) is 1.79. The third-order valence-corrected chi connectivity index (χ3v) is 4.69. The minimum atomic E-state index is -0.292. The van der Waals surface area contributed by atoms with Crippen molar-refractivity contribution in [3.63, 3.8) is 0 Å². The van der Waals surface area contributed by atoms with Gasteiger partial charge in [0, 0.05) is 0 Å². The number of rotatable bonds is 4. The van der Waals surface area contributed by atoms with Gasteiger partial charge in [0.25, 0.3) is 11.6 Å². The van der Waals surface area contributed by atoms with E-state index in [4.69, 9.17) is 18.4 Å². The van der Waals surface area contributed by atoms with E-state index in [9.17, 15) is 4.79 Å². The highest BCUT2D eigenvalue weighted by molar-refractivity contribution is 6.06. The van der Waals surface area contributed by atoms with E-state index in [1.165, 1.54) is 0 Å². The Morgan fingerprint density at radius 2 is 2.07 bits per heavy atom. The zero-order valence-electron chi connectivity index (χ0n) is 15.5. The largest absolute Gasteiger partial charge is 0.486 e. The maximum atomic E-state index is 13.0. The van der Waals surface area contributed by atoms with E-state index in [1.54, 1.807) is 31.4 Å². The fourth-order valence-corrected chi connectivity index (χ4v) is 3.29. The van der Waals surface area contributed by atoms with Gasteiger partial charge in [0.05, 0.1) is 29.5 Å². The average Bonchev–Trinajstić information content (AvgIpc) is 3.42. The number of amides is 1. The predicted molar refractivity (Wildman–Crippen MR) is 103 cm³/mol. The number of pyridine rings is 1. The second kappa shape index (κ2) is 6.97. The van der Waals surface area contributed by atoms with Crippen LogP contribution in [0.3, 0.4) is 0 Å². The molecule has 4 aromatic rings. The monoisotopic (exact) mass is 391 g/mol. The molecule has 3 aromatic heterocycles. The molecule has 0 spiro atoms. The van der Waals surface area contributed by atoms with Crippen molar-refractivity contribution in [2.24, 2.45) is 0 Å². The molecule has 1 aliphatic heterocycles. The number of benzene rings is 1. The van der Waals surface area contributed by atoms with Crippen LogP contribution in [-0.4, -0.2) is 35.3 Å². The number of carbonyl (C=O) groups excluding carboxylic acids is 1. The van der Waals surface area contributed by atoms with Crippen molar-refractivity contribution in [2.75, 3.05) is 13.2 Å². The average molecular weight is 391 g/mol. The van der Waals surface area contributed by atoms with Gasteiger partial charge >= 0.3 is 0 Å². The van der Waals surface area contributed by atoms with E-state index in [0.717, 1.165) is 0 Å². The van der Waals surface area contributed by atoms with Gasteiger partial charge in [-0.3, -0.25) is 4.79 Å². The lowest BCUT2D eigenvalue weighted by atomic mass is 10.1. The topological polar surface area (TPSA) is 99.6 Å². The molecule has 1 unspecified atom stereocenters. The summed E-state index contributed by atoms with van der Waals surface area (Å²) in [6, 6.07) is 12.6. The maximum absolute atomic E-state index is 13.0. The molecule has 1 aromatic carbocycles. The number of ether oxygens (including phenoxy) is 2. The molecule has 0 saturated heterocycles. The van der Waals surface area contributed by atoms with Gasteiger partial charge in [0.15, 0.2) is 17.3 Å². The normalized spacial score (nSPS) is 15.4. The van der Waals surface area contributed by atoms with E-state index in [2.05, 4.69) is 15.5 Å². The molecular weight excluding hydrogens is 374 g/mol. The van der Waals surface area contributed by atoms with Crippen LogP contribution in [0.25, 0.3) is 22.6 Å². The summed E-state index contributed by atoms with van der Waals surface area (Å²) in [4.78, 5) is 17.4. The molecule has 1 atom stereocenters. The summed E-state index contributed by atoms with van der Waals surface area (Å²) in [6.45, 7) is 2.41. The van der Waals surface area contributed by atoms with Crippen LogP contribution >= 0.6 is 0 Å². The van der Waals surface area contributed by atoms with Crippen LogP contribution in [0.2, 0.25) is 0 Å². The Balaban J connectivity index is 1.39. The predicted octanol–water partition coefficient (Wildman–Crippen LogP) is 3.36. The fourth-order valence-electron chi connectivity index (χ4n) is 3.29. The molecule has 146 valence electrons. The van der Waals surface area contributed by atoms with Crippen molar-refractivity contribution < 1.29 is 23.2 Å². The molecule has 8 nitrogen and oxygen atoms in total. The van der Waals surface area contributed by atoms with Crippen molar-refractivity contribution in [1.29, 1.82) is 0 Å². The molecule has 1 aliphatic rings. The highest BCUT2D eigenvalue weighted by Crippen LogP contribution is 2.31. The molecule has 0 fully saturated rings. The molecule has 8 heteroatoms. The first kappa shape index (κ1) is 17.3. The lowest BCUT2D eigenvalue weighted by Gasteiger charge is -2.26. The van der Waals surface area contributed by atoms with Gasteiger partial charge in [-0.1, -0.05) is 17.3 Å². The number of nitrogens with one attached hydrogen (secondary N) is 1. The van der Waals surface area contributed by atoms with Gasteiger partial charge in [-0.2, -0.15) is 0 Å². The lowest BCUT2D eigenvalue weighted by molar-refractivity contribution is 0.0790. The molecular formula is C21H17N3O5. The third-order valence-electron chi connectivity index (χ3n) is 4.69. The first-order valence-corrected chi connectivity index (χ1v) is 9.16. The van der Waals surface area contributed by atoms with Gasteiger partial charge < -0.3 is 23.7 Å². The van der Waals surface area contributed by atoms with Crippen LogP contribution in [0.4, 0.5) is 0 Å². The van der Waals surface area contributed by atoms with Crippen LogP contribution in [0.15, 0.2) is 57.7 Å². The van der Waals surface area contributed by atoms with Crippen molar-refractivity contribution >= 4 is 17.0 Å². The molecule has 0 saturated carbocycles. The molecule has 0 bridgehead atoms. The fraction of sp³-hybridized carbons (Fsp3) is 0.190. The summed E-state index contributed by atoms with van der Waals surface area (Å²) in [6.07, 6.45) is 1.25. The molecule has 0 aliphatic carbocycles. The third kappa shape index (κ3) is 3.18. The van der Waals surface area contributed by atoms with Crippen molar-refractivity contribution in [2.45, 2.75) is 13.0 Å². The minimum absolute atomic E-state index is 0.279. The lowest BCUT2D eigenvalue weighted by Crippen LogP contribution is -2.40. The number of nitrogens with zero attached hydrogens (tertiary/aromatic N) is 2. The van der Waals surface area contributed by atoms with E-state index in [0.29, 0.717) is 46.2 Å². The Hall–Kier alpha value is -3.81. The SMILES string of the molecule is Cc1noc2nc(-c3ccco3)cc(C(=O)NCC3COc4ccccc4O3)c12. The minimum Gasteiger partial charge on any atom is -0.486 e. The van der Waals surface area contributed by atoms with E-state index in [-0.39, 0.29) is 24.3 Å². The summed E-state index contributed by atoms with van der Waals surface area (Å²) in [5, 5.41) is 7.43. The molecule has 5 rings (SSSR count). The highest BCUT2D eigenvalue weighted by Gasteiger charge is 2.24. The Bertz CT molecular complexity index is 1180. The summed E-state index contributed by atoms with van der Waals surface area (Å²) in [5.74, 6) is 1.63. The maximum Gasteiger partial charge on any atom is 0.259 e. The number of fused-ring (bicyclic) bond motifs is 2. The van der Waals surface area contributed by atoms with Crippen LogP contribution in [-0.2, 0) is 0 Å². The molecule has 0 radical (unpaired) electrons. The summed E-state index contributed by atoms with van der Waals surface area (Å²) >= 11 is 0. The Kier molecular flexibility index (Phi) is 4.16. The number of aryl methyl sites for hydroxylation is 1. The Morgan fingerprint density at radius 1 is 1.21 bits per heavy atom. The molecule has 1 amide bonds. The zero-order valence-corrected chi connectivity index (χ0v) is 15.5. The van der Waals surface area contributed by atoms with Crippen molar-refractivity contribution in [3.8, 4) is 23.0 Å². The quantitative estimate of drug-likeness (QED) is 0.569. The zero-order chi connectivity index (χ0) is 19.8. The van der Waals surface area contributed by atoms with Gasteiger partial charge in [0.1, 0.15) is 18.4 Å². The highest BCUT2D eigenvalue weighted by atomic mass is 16.6. The number of hydrogen-bond donors (Lipinski definition) is 1. The Morgan fingerprint density at radius 3 is 2.90 bits per heavy atom. The van der Waals surface area contributed by atoms with Crippen molar-refractivity contribution in [3.05, 3.63) is 60.0 Å². The molecule has 4 heterocycles. The smallest absolute Gasteiger partial charge is 0.259 e. The summed E-state index contributed by atoms with van der Waals surface area (Å²) < 4.78 is 22.3. The number of hydrogen-bond acceptors (Lipinski definition) is 7. The first-order valence-electron chi connectivity index (χ1n) is 9.16. The van der Waals surface area contributed by atoms with Crippen molar-refractivity contribution in [1.82, 2.24) is 15.5 Å². The first-order chi connectivity index (χ1) is 14.2. The number of furan rings is 1. The number of carbonyl (C=O) groups is 1. The van der Waals surface area contributed by atoms with Gasteiger partial charge in [0.2, 0.25) is 0 Å². The van der Waals surface area contributed by atoms with E-state index < -0.39 is 0 Å². The second-order valence-corrected chi connectivity index (χ2v) is 6.69. The van der Waals surface area contributed by atoms with E-state index in [1.807, 2.05) is 24.3 Å². The standard InChI is InChI=1S/C21H17N3O5/c1-12-19-14(9-15(16-7-4-8-26-16)23-21(19)29-24-12)20(25)22-10-13-11-27-17-5-2-3-6-18(17)28-13/h2-9,13H,10-11H2,1H3,(H,22,25). The van der Waals surface area contributed by atoms with Crippen LogP contribution in [0, 0.1) is 6.92 Å². The number of para-hydroxylation sites is 2. The second-order valence-electron chi connectivity index (χ2n) is 6.69. The number of aromatic nitrogens is 2. The van der Waals surface area contributed by atoms with Gasteiger partial charge in [-0.25, -0.2) is 4.98 Å².